The number of rotatable bonds is 7. The number of benzene rings is 1. The summed E-state index contributed by atoms with van der Waals surface area (Å²) in [5, 5.41) is 10.7. The predicted octanol–water partition coefficient (Wildman–Crippen LogP) is 4.51. The number of ether oxygens (including phenoxy) is 1. The Kier molecular flexibility index (Phi) is 6.25. The fraction of sp³-hybridized carbons (Fsp3) is 0.375. The maximum absolute atomic E-state index is 15.2. The number of H-pyrrole nitrogens is 2. The fourth-order valence-electron chi connectivity index (χ4n) is 4.18. The molecule has 0 saturated carbocycles. The van der Waals surface area contributed by atoms with E-state index in [-0.39, 0.29) is 11.4 Å². The van der Waals surface area contributed by atoms with Gasteiger partial charge >= 0.3 is 6.01 Å². The Bertz CT molecular complexity index is 1340. The number of aromatic nitrogens is 5. The summed E-state index contributed by atoms with van der Waals surface area (Å²) in [5.74, 6) is -0.570. The van der Waals surface area contributed by atoms with Gasteiger partial charge in [-0.15, -0.1) is 0 Å². The predicted molar refractivity (Wildman–Crippen MR) is 131 cm³/mol. The summed E-state index contributed by atoms with van der Waals surface area (Å²) in [7, 11) is 2.06. The van der Waals surface area contributed by atoms with Crippen LogP contribution in [0.1, 0.15) is 24.7 Å². The van der Waals surface area contributed by atoms with Crippen LogP contribution in [0.25, 0.3) is 10.9 Å². The molecule has 3 N–H and O–H groups in total. The van der Waals surface area contributed by atoms with Crippen LogP contribution in [0.5, 0.6) is 11.8 Å². The van der Waals surface area contributed by atoms with E-state index in [2.05, 4.69) is 54.2 Å². The topological polar surface area (TPSA) is 98.0 Å². The van der Waals surface area contributed by atoms with Gasteiger partial charge < -0.3 is 24.8 Å². The largest absolute Gasteiger partial charge is 0.418 e. The van der Waals surface area contributed by atoms with Crippen LogP contribution in [-0.2, 0) is 6.42 Å². The van der Waals surface area contributed by atoms with Gasteiger partial charge in [0, 0.05) is 61.2 Å². The lowest BCUT2D eigenvalue weighted by atomic mass is 10.2. The van der Waals surface area contributed by atoms with Gasteiger partial charge in [-0.05, 0) is 26.5 Å². The van der Waals surface area contributed by atoms with Crippen LogP contribution in [0.4, 0.5) is 26.2 Å². The van der Waals surface area contributed by atoms with Crippen LogP contribution in [0.15, 0.2) is 24.3 Å². The second-order valence-corrected chi connectivity index (χ2v) is 8.85. The molecule has 4 heterocycles. The molecule has 1 aromatic carbocycles. The first-order valence-corrected chi connectivity index (χ1v) is 11.7. The Hall–Kier alpha value is -3.73. The first kappa shape index (κ1) is 23.0. The lowest BCUT2D eigenvalue weighted by molar-refractivity contribution is 0.311. The van der Waals surface area contributed by atoms with Crippen LogP contribution in [0, 0.1) is 18.6 Å². The molecule has 1 aliphatic heterocycles. The number of aryl methyl sites for hydroxylation is 2. The molecular weight excluding hydrogens is 454 g/mol. The van der Waals surface area contributed by atoms with E-state index in [1.165, 1.54) is 6.07 Å². The number of piperazine rings is 1. The van der Waals surface area contributed by atoms with E-state index in [9.17, 15) is 4.39 Å². The molecule has 0 bridgehead atoms. The molecule has 0 atom stereocenters. The highest BCUT2D eigenvalue weighted by Crippen LogP contribution is 2.34. The van der Waals surface area contributed by atoms with Crippen molar-refractivity contribution in [3.05, 3.63) is 47.3 Å². The lowest BCUT2D eigenvalue weighted by Crippen LogP contribution is -2.44. The number of aromatic amines is 2. The van der Waals surface area contributed by atoms with Gasteiger partial charge in [0.1, 0.15) is 11.6 Å². The first-order chi connectivity index (χ1) is 16.9. The van der Waals surface area contributed by atoms with Crippen molar-refractivity contribution in [3.63, 3.8) is 0 Å². The summed E-state index contributed by atoms with van der Waals surface area (Å²) >= 11 is 0. The SMILES string of the molecule is CCCc1cc(Nc2cc(N3CCN(C)CC3)nc(Oc3c(F)cc4[nH]c(C)cc4c3F)n2)n[nH]1. The summed E-state index contributed by atoms with van der Waals surface area (Å²) in [4.78, 5) is 16.1. The highest BCUT2D eigenvalue weighted by molar-refractivity contribution is 5.83. The van der Waals surface area contributed by atoms with Crippen LogP contribution >= 0.6 is 0 Å². The van der Waals surface area contributed by atoms with Crippen molar-refractivity contribution >= 4 is 28.4 Å². The van der Waals surface area contributed by atoms with E-state index in [1.807, 2.05) is 6.07 Å². The van der Waals surface area contributed by atoms with Gasteiger partial charge in [-0.2, -0.15) is 15.1 Å². The number of likely N-dealkylation sites (N-methyl/N-ethyl adjacent to an activating group) is 1. The van der Waals surface area contributed by atoms with Crippen molar-refractivity contribution in [2.45, 2.75) is 26.7 Å². The van der Waals surface area contributed by atoms with E-state index in [0.29, 0.717) is 23.0 Å². The maximum atomic E-state index is 15.2. The fourth-order valence-corrected chi connectivity index (χ4v) is 4.18. The third-order valence-electron chi connectivity index (χ3n) is 6.03. The van der Waals surface area contributed by atoms with Crippen LogP contribution in [-0.4, -0.2) is 63.3 Å². The van der Waals surface area contributed by atoms with Crippen molar-refractivity contribution < 1.29 is 13.5 Å². The zero-order valence-corrected chi connectivity index (χ0v) is 20.0. The van der Waals surface area contributed by atoms with E-state index in [4.69, 9.17) is 4.74 Å². The number of anilines is 3. The zero-order valence-electron chi connectivity index (χ0n) is 20.0. The molecule has 1 fully saturated rings. The maximum Gasteiger partial charge on any atom is 0.326 e. The van der Waals surface area contributed by atoms with Crippen molar-refractivity contribution in [2.75, 3.05) is 43.4 Å². The standard InChI is InChI=1S/C24H28F2N8O/c1-4-5-15-11-20(32-31-15)28-19-13-21(34-8-6-33(3)7-9-34)30-24(29-19)35-23-17(25)12-18-16(22(23)26)10-14(2)27-18/h10-13,27H,4-9H2,1-3H3,(H2,28,29,30,31,32). The smallest absolute Gasteiger partial charge is 0.326 e. The number of hydrogen-bond donors (Lipinski definition) is 3. The molecule has 184 valence electrons. The van der Waals surface area contributed by atoms with Crippen molar-refractivity contribution in [1.29, 1.82) is 0 Å². The average molecular weight is 483 g/mol. The van der Waals surface area contributed by atoms with Crippen molar-refractivity contribution in [2.24, 2.45) is 0 Å². The molecule has 0 radical (unpaired) electrons. The molecular formula is C24H28F2N8O. The molecule has 35 heavy (non-hydrogen) atoms. The van der Waals surface area contributed by atoms with E-state index in [1.54, 1.807) is 19.1 Å². The summed E-state index contributed by atoms with van der Waals surface area (Å²) in [5.41, 5.74) is 2.08. The third kappa shape index (κ3) is 4.90. The number of nitrogens with one attached hydrogen (secondary N) is 3. The highest BCUT2D eigenvalue weighted by atomic mass is 19.1. The minimum atomic E-state index is -0.837. The summed E-state index contributed by atoms with van der Waals surface area (Å²) < 4.78 is 35.6. The van der Waals surface area contributed by atoms with E-state index < -0.39 is 17.4 Å². The molecule has 5 rings (SSSR count). The number of halogens is 2. The third-order valence-corrected chi connectivity index (χ3v) is 6.03. The Morgan fingerprint density at radius 1 is 1.06 bits per heavy atom. The van der Waals surface area contributed by atoms with Gasteiger partial charge in [-0.3, -0.25) is 5.10 Å². The molecule has 4 aromatic rings. The van der Waals surface area contributed by atoms with Gasteiger partial charge in [0.15, 0.2) is 17.5 Å². The van der Waals surface area contributed by atoms with Gasteiger partial charge in [-0.1, -0.05) is 13.3 Å². The normalized spacial score (nSPS) is 14.6. The minimum Gasteiger partial charge on any atom is -0.418 e. The van der Waals surface area contributed by atoms with E-state index >= 15 is 4.39 Å². The molecule has 0 aliphatic carbocycles. The second kappa shape index (κ2) is 9.49. The Balaban J connectivity index is 1.50. The quantitative estimate of drug-likeness (QED) is 0.357. The number of nitrogens with zero attached hydrogens (tertiary/aromatic N) is 5. The van der Waals surface area contributed by atoms with Crippen molar-refractivity contribution in [3.8, 4) is 11.8 Å². The molecule has 0 amide bonds. The Morgan fingerprint density at radius 3 is 2.63 bits per heavy atom. The average Bonchev–Trinajstić information content (AvgIpc) is 3.42. The molecule has 0 unspecified atom stereocenters. The number of fused-ring (bicyclic) bond motifs is 1. The lowest BCUT2D eigenvalue weighted by Gasteiger charge is -2.33. The molecule has 1 aliphatic rings. The van der Waals surface area contributed by atoms with Crippen molar-refractivity contribution in [1.82, 2.24) is 30.0 Å². The second-order valence-electron chi connectivity index (χ2n) is 8.85. The molecule has 0 spiro atoms. The highest BCUT2D eigenvalue weighted by Gasteiger charge is 2.22. The molecule has 1 saturated heterocycles. The van der Waals surface area contributed by atoms with E-state index in [0.717, 1.165) is 50.4 Å². The van der Waals surface area contributed by atoms with Crippen LogP contribution in [0.2, 0.25) is 0 Å². The van der Waals surface area contributed by atoms with Gasteiger partial charge in [-0.25, -0.2) is 8.78 Å². The molecule has 9 nitrogen and oxygen atoms in total. The van der Waals surface area contributed by atoms with Gasteiger partial charge in [0.05, 0.1) is 5.52 Å². The molecule has 3 aromatic heterocycles. The summed E-state index contributed by atoms with van der Waals surface area (Å²) in [6.45, 7) is 7.12. The minimum absolute atomic E-state index is 0.155. The molecule has 11 heteroatoms. The Labute approximate surface area is 201 Å². The summed E-state index contributed by atoms with van der Waals surface area (Å²) in [6, 6.07) is 6.36. The van der Waals surface area contributed by atoms with Crippen LogP contribution < -0.4 is 15.0 Å². The van der Waals surface area contributed by atoms with Gasteiger partial charge in [0.2, 0.25) is 5.75 Å². The van der Waals surface area contributed by atoms with Gasteiger partial charge in [0.25, 0.3) is 0 Å². The van der Waals surface area contributed by atoms with Crippen LogP contribution in [0.3, 0.4) is 0 Å². The first-order valence-electron chi connectivity index (χ1n) is 11.7. The number of hydrogen-bond acceptors (Lipinski definition) is 7. The Morgan fingerprint density at radius 2 is 1.86 bits per heavy atom. The monoisotopic (exact) mass is 482 g/mol. The zero-order chi connectivity index (χ0) is 24.5. The summed E-state index contributed by atoms with van der Waals surface area (Å²) in [6.07, 6.45) is 1.86.